The number of halogens is 3. The largest absolute Gasteiger partial charge is 0.477 e. The van der Waals surface area contributed by atoms with E-state index in [2.05, 4.69) is 9.97 Å². The lowest BCUT2D eigenvalue weighted by atomic mass is 10.1. The number of nitrogens with zero attached hydrogens (tertiary/aromatic N) is 1. The number of pyridine rings is 1. The summed E-state index contributed by atoms with van der Waals surface area (Å²) >= 11 is 0. The van der Waals surface area contributed by atoms with Crippen LogP contribution in [0.5, 0.6) is 5.88 Å². The van der Waals surface area contributed by atoms with Crippen LogP contribution < -0.4 is 10.5 Å². The Hall–Kier alpha value is -3.03. The zero-order valence-electron chi connectivity index (χ0n) is 13.9. The molecule has 3 N–H and O–H groups in total. The molecule has 0 atom stereocenters. The molecule has 0 aliphatic rings. The Kier molecular flexibility index (Phi) is 4.58. The maximum Gasteiger partial charge on any atom is 0.416 e. The lowest BCUT2D eigenvalue weighted by molar-refractivity contribution is -0.137. The standard InChI is InChI=1S/C18H16F3N3O2/c1-10-8-14(24-16-13(17(22)25)9-23-15(10)16)26-7-6-11-2-4-12(5-3-11)18(19,20)21/h2-5,8-9,23H,6-7H2,1H3,(H2,22,25). The van der Waals surface area contributed by atoms with Crippen molar-refractivity contribution in [2.45, 2.75) is 19.5 Å². The lowest BCUT2D eigenvalue weighted by Crippen LogP contribution is -2.10. The van der Waals surface area contributed by atoms with Gasteiger partial charge < -0.3 is 15.5 Å². The second kappa shape index (κ2) is 6.70. The number of benzene rings is 1. The van der Waals surface area contributed by atoms with E-state index in [0.29, 0.717) is 23.3 Å². The van der Waals surface area contributed by atoms with Gasteiger partial charge in [-0.15, -0.1) is 0 Å². The normalized spacial score (nSPS) is 11.7. The Bertz CT molecular complexity index is 947. The summed E-state index contributed by atoms with van der Waals surface area (Å²) in [5, 5.41) is 0. The van der Waals surface area contributed by atoms with Crippen LogP contribution in [0.3, 0.4) is 0 Å². The first-order chi connectivity index (χ1) is 12.3. The first-order valence-electron chi connectivity index (χ1n) is 7.83. The third kappa shape index (κ3) is 3.63. The molecule has 26 heavy (non-hydrogen) atoms. The number of carbonyl (C=O) groups excluding carboxylic acids is 1. The highest BCUT2D eigenvalue weighted by Crippen LogP contribution is 2.29. The van der Waals surface area contributed by atoms with E-state index in [1.165, 1.54) is 18.3 Å². The summed E-state index contributed by atoms with van der Waals surface area (Å²) in [4.78, 5) is 18.7. The van der Waals surface area contributed by atoms with E-state index in [1.54, 1.807) is 6.07 Å². The Labute approximate surface area is 147 Å². The van der Waals surface area contributed by atoms with Gasteiger partial charge in [-0.2, -0.15) is 13.2 Å². The molecular weight excluding hydrogens is 347 g/mol. The van der Waals surface area contributed by atoms with Gasteiger partial charge in [-0.25, -0.2) is 4.98 Å². The van der Waals surface area contributed by atoms with Crippen molar-refractivity contribution in [3.8, 4) is 5.88 Å². The SMILES string of the molecule is Cc1cc(OCCc2ccc(C(F)(F)F)cc2)nc2c(C(N)=O)c[nH]c12. The van der Waals surface area contributed by atoms with Crippen LogP contribution in [-0.4, -0.2) is 22.5 Å². The van der Waals surface area contributed by atoms with Crippen LogP contribution in [0.4, 0.5) is 13.2 Å². The maximum absolute atomic E-state index is 12.6. The fourth-order valence-corrected chi connectivity index (χ4v) is 2.63. The predicted octanol–water partition coefficient (Wildman–Crippen LogP) is 3.61. The van der Waals surface area contributed by atoms with Gasteiger partial charge in [0.15, 0.2) is 0 Å². The molecule has 0 unspecified atom stereocenters. The molecule has 5 nitrogen and oxygen atoms in total. The van der Waals surface area contributed by atoms with Crippen molar-refractivity contribution >= 4 is 16.9 Å². The minimum absolute atomic E-state index is 0.236. The number of aromatic nitrogens is 2. The highest BCUT2D eigenvalue weighted by Gasteiger charge is 2.29. The third-order valence-electron chi connectivity index (χ3n) is 4.00. The summed E-state index contributed by atoms with van der Waals surface area (Å²) in [6.45, 7) is 2.08. The minimum atomic E-state index is -4.35. The van der Waals surface area contributed by atoms with Crippen molar-refractivity contribution in [1.29, 1.82) is 0 Å². The summed E-state index contributed by atoms with van der Waals surface area (Å²) in [7, 11) is 0. The van der Waals surface area contributed by atoms with E-state index in [1.807, 2.05) is 6.92 Å². The summed E-state index contributed by atoms with van der Waals surface area (Å²) in [6.07, 6.45) is -2.42. The lowest BCUT2D eigenvalue weighted by Gasteiger charge is -2.09. The summed E-state index contributed by atoms with van der Waals surface area (Å²) in [5.41, 5.74) is 7.61. The number of fused-ring (bicyclic) bond motifs is 1. The molecular formula is C18H16F3N3O2. The number of H-pyrrole nitrogens is 1. The number of rotatable bonds is 5. The van der Waals surface area contributed by atoms with Gasteiger partial charge in [0, 0.05) is 18.7 Å². The molecule has 0 aliphatic carbocycles. The van der Waals surface area contributed by atoms with Crippen molar-refractivity contribution in [3.63, 3.8) is 0 Å². The second-order valence-electron chi connectivity index (χ2n) is 5.86. The van der Waals surface area contributed by atoms with E-state index in [-0.39, 0.29) is 12.2 Å². The molecule has 3 rings (SSSR count). The molecule has 136 valence electrons. The van der Waals surface area contributed by atoms with Gasteiger partial charge in [0.1, 0.15) is 5.52 Å². The fraction of sp³-hybridized carbons (Fsp3) is 0.222. The zero-order valence-corrected chi connectivity index (χ0v) is 13.9. The number of nitrogens with one attached hydrogen (secondary N) is 1. The molecule has 1 amide bonds. The van der Waals surface area contributed by atoms with Crippen molar-refractivity contribution in [1.82, 2.24) is 9.97 Å². The number of carbonyl (C=O) groups is 1. The highest BCUT2D eigenvalue weighted by atomic mass is 19.4. The third-order valence-corrected chi connectivity index (χ3v) is 4.00. The second-order valence-corrected chi connectivity index (χ2v) is 5.86. The Morgan fingerprint density at radius 2 is 1.96 bits per heavy atom. The van der Waals surface area contributed by atoms with Crippen LogP contribution in [-0.2, 0) is 12.6 Å². The average molecular weight is 363 g/mol. The quantitative estimate of drug-likeness (QED) is 0.727. The molecule has 2 aromatic heterocycles. The number of amides is 1. The van der Waals surface area contributed by atoms with Gasteiger partial charge in [-0.05, 0) is 30.2 Å². The van der Waals surface area contributed by atoms with Gasteiger partial charge in [-0.1, -0.05) is 12.1 Å². The molecule has 0 saturated heterocycles. The molecule has 0 saturated carbocycles. The smallest absolute Gasteiger partial charge is 0.416 e. The van der Waals surface area contributed by atoms with Crippen LogP contribution in [0, 0.1) is 6.92 Å². The minimum Gasteiger partial charge on any atom is -0.477 e. The molecule has 0 fully saturated rings. The Morgan fingerprint density at radius 1 is 1.27 bits per heavy atom. The molecule has 0 bridgehead atoms. The van der Waals surface area contributed by atoms with Crippen LogP contribution in [0.2, 0.25) is 0 Å². The first-order valence-corrected chi connectivity index (χ1v) is 7.83. The number of alkyl halides is 3. The summed E-state index contributed by atoms with van der Waals surface area (Å²) < 4.78 is 43.3. The highest BCUT2D eigenvalue weighted by molar-refractivity contribution is 6.05. The van der Waals surface area contributed by atoms with Gasteiger partial charge >= 0.3 is 6.18 Å². The van der Waals surface area contributed by atoms with Gasteiger partial charge in [0.2, 0.25) is 5.88 Å². The summed E-state index contributed by atoms with van der Waals surface area (Å²) in [5.74, 6) is -0.269. The zero-order chi connectivity index (χ0) is 18.9. The van der Waals surface area contributed by atoms with Crippen molar-refractivity contribution in [2.24, 2.45) is 5.73 Å². The maximum atomic E-state index is 12.6. The van der Waals surface area contributed by atoms with Crippen molar-refractivity contribution < 1.29 is 22.7 Å². The molecule has 0 radical (unpaired) electrons. The van der Waals surface area contributed by atoms with E-state index in [0.717, 1.165) is 23.3 Å². The van der Waals surface area contributed by atoms with Crippen molar-refractivity contribution in [2.75, 3.05) is 6.61 Å². The first kappa shape index (κ1) is 17.8. The van der Waals surface area contributed by atoms with E-state index in [4.69, 9.17) is 10.5 Å². The number of hydrogen-bond acceptors (Lipinski definition) is 3. The molecule has 2 heterocycles. The number of ether oxygens (including phenoxy) is 1. The van der Waals surface area contributed by atoms with E-state index >= 15 is 0 Å². The number of aromatic amines is 1. The molecule has 0 spiro atoms. The van der Waals surface area contributed by atoms with E-state index in [9.17, 15) is 18.0 Å². The van der Waals surface area contributed by atoms with Gasteiger partial charge in [-0.3, -0.25) is 4.79 Å². The number of primary amides is 1. The van der Waals surface area contributed by atoms with Gasteiger partial charge in [0.25, 0.3) is 5.91 Å². The Balaban J connectivity index is 1.70. The molecule has 3 aromatic rings. The van der Waals surface area contributed by atoms with Gasteiger partial charge in [0.05, 0.1) is 23.3 Å². The molecule has 0 aliphatic heterocycles. The van der Waals surface area contributed by atoms with Crippen LogP contribution in [0.25, 0.3) is 11.0 Å². The van der Waals surface area contributed by atoms with E-state index < -0.39 is 17.6 Å². The van der Waals surface area contributed by atoms with Crippen LogP contribution in [0.15, 0.2) is 36.5 Å². The number of nitrogens with two attached hydrogens (primary N) is 1. The number of aryl methyl sites for hydroxylation is 1. The fourth-order valence-electron chi connectivity index (χ4n) is 2.63. The average Bonchev–Trinajstić information content (AvgIpc) is 2.99. The van der Waals surface area contributed by atoms with Crippen LogP contribution >= 0.6 is 0 Å². The molecule has 1 aromatic carbocycles. The topological polar surface area (TPSA) is 81.0 Å². The van der Waals surface area contributed by atoms with Crippen LogP contribution in [0.1, 0.15) is 27.0 Å². The predicted molar refractivity (Wildman–Crippen MR) is 90.0 cm³/mol. The Morgan fingerprint density at radius 3 is 2.58 bits per heavy atom. The van der Waals surface area contributed by atoms with Crippen molar-refractivity contribution in [3.05, 3.63) is 58.8 Å². The number of hydrogen-bond donors (Lipinski definition) is 2. The monoisotopic (exact) mass is 363 g/mol. The summed E-state index contributed by atoms with van der Waals surface area (Å²) in [6, 6.07) is 6.65. The molecule has 8 heteroatoms.